The molecular formula is C3H12N2O2. The van der Waals surface area contributed by atoms with Gasteiger partial charge in [-0.15, -0.1) is 0 Å². The third kappa shape index (κ3) is 148. The van der Waals surface area contributed by atoms with Crippen molar-refractivity contribution in [3.63, 3.8) is 0 Å². The number of nitrogens with two attached hydrogens (primary N) is 1. The van der Waals surface area contributed by atoms with Gasteiger partial charge in [0.25, 0.3) is 0 Å². The van der Waals surface area contributed by atoms with Gasteiger partial charge in [0, 0.05) is 4.92 Å². The normalized spacial score (nSPS) is 4.43. The van der Waals surface area contributed by atoms with E-state index in [9.17, 15) is 0 Å². The van der Waals surface area contributed by atoms with Gasteiger partial charge in [0.2, 0.25) is 0 Å². The molecule has 7 heavy (non-hydrogen) atoms. The van der Waals surface area contributed by atoms with Crippen LogP contribution in [0.5, 0.6) is 0 Å². The molecule has 0 radical (unpaired) electrons. The summed E-state index contributed by atoms with van der Waals surface area (Å²) in [6.07, 6.45) is 0. The van der Waals surface area contributed by atoms with Crippen LogP contribution in [0, 0.1) is 10.1 Å². The number of hydrogen-bond acceptors (Lipinski definition) is 3. The van der Waals surface area contributed by atoms with E-state index in [0.29, 0.717) is 0 Å². The topological polar surface area (TPSA) is 69.2 Å². The molecule has 0 saturated carbocycles. The van der Waals surface area contributed by atoms with Crippen LogP contribution in [0.3, 0.4) is 0 Å². The van der Waals surface area contributed by atoms with Crippen molar-refractivity contribution in [2.45, 2.75) is 7.43 Å². The van der Waals surface area contributed by atoms with E-state index in [2.05, 4.69) is 5.73 Å². The van der Waals surface area contributed by atoms with Gasteiger partial charge >= 0.3 is 0 Å². The molecule has 0 aromatic carbocycles. The quantitative estimate of drug-likeness (QED) is 0.353. The summed E-state index contributed by atoms with van der Waals surface area (Å²) in [5.41, 5.74) is 4.50. The Morgan fingerprint density at radius 3 is 1.57 bits per heavy atom. The standard InChI is InChI=1S/CH3NO2.CH5N.CH4/c1-2(3)4;1-2;/h1H3;2H2,1H3;1H4. The molecule has 0 heterocycles. The number of rotatable bonds is 0. The molecule has 46 valence electrons. The molecular weight excluding hydrogens is 96.0 g/mol. The lowest BCUT2D eigenvalue weighted by molar-refractivity contribution is -0.445. The summed E-state index contributed by atoms with van der Waals surface area (Å²) >= 11 is 0. The zero-order valence-electron chi connectivity index (χ0n) is 3.84. The summed E-state index contributed by atoms with van der Waals surface area (Å²) < 4.78 is 0. The smallest absolute Gasteiger partial charge is 0.194 e. The lowest BCUT2D eigenvalue weighted by Crippen LogP contribution is -1.79. The molecule has 0 atom stereocenters. The van der Waals surface area contributed by atoms with Gasteiger partial charge in [-0.1, -0.05) is 7.43 Å². The van der Waals surface area contributed by atoms with Crippen molar-refractivity contribution in [1.82, 2.24) is 0 Å². The Balaban J connectivity index is -0.0000000480. The van der Waals surface area contributed by atoms with Crippen LogP contribution in [-0.4, -0.2) is 19.0 Å². The molecule has 0 bridgehead atoms. The summed E-state index contributed by atoms with van der Waals surface area (Å²) in [6.45, 7) is 0. The van der Waals surface area contributed by atoms with Crippen molar-refractivity contribution >= 4 is 0 Å². The van der Waals surface area contributed by atoms with Crippen LogP contribution in [-0.2, 0) is 0 Å². The Kier molecular flexibility index (Phi) is 42.3. The van der Waals surface area contributed by atoms with Gasteiger partial charge in [0.15, 0.2) is 7.05 Å². The minimum atomic E-state index is -0.500. The van der Waals surface area contributed by atoms with Gasteiger partial charge in [-0.2, -0.15) is 0 Å². The van der Waals surface area contributed by atoms with Gasteiger partial charge in [-0.05, 0) is 7.05 Å². The molecule has 2 N–H and O–H groups in total. The fourth-order valence-corrected chi connectivity index (χ4v) is 0. The molecule has 0 aliphatic heterocycles. The Bertz CT molecular complexity index is 33.9. The van der Waals surface area contributed by atoms with Crippen molar-refractivity contribution in [3.8, 4) is 0 Å². The molecule has 0 amide bonds. The predicted molar refractivity (Wildman–Crippen MR) is 29.8 cm³/mol. The highest BCUT2D eigenvalue weighted by molar-refractivity contribution is 3.91. The summed E-state index contributed by atoms with van der Waals surface area (Å²) in [5.74, 6) is 0. The Hall–Kier alpha value is -0.640. The molecule has 0 unspecified atom stereocenters. The van der Waals surface area contributed by atoms with Crippen molar-refractivity contribution in [2.24, 2.45) is 5.73 Å². The van der Waals surface area contributed by atoms with Crippen LogP contribution < -0.4 is 5.73 Å². The van der Waals surface area contributed by atoms with E-state index < -0.39 is 4.92 Å². The predicted octanol–water partition coefficient (Wildman–Crippen LogP) is 0.104. The van der Waals surface area contributed by atoms with Gasteiger partial charge in [0.05, 0.1) is 0 Å². The van der Waals surface area contributed by atoms with Crippen LogP contribution in [0.1, 0.15) is 7.43 Å². The second kappa shape index (κ2) is 18.3. The van der Waals surface area contributed by atoms with E-state index in [4.69, 9.17) is 10.1 Å². The maximum absolute atomic E-state index is 8.81. The van der Waals surface area contributed by atoms with Crippen molar-refractivity contribution < 1.29 is 4.92 Å². The summed E-state index contributed by atoms with van der Waals surface area (Å²) in [6, 6.07) is 0. The van der Waals surface area contributed by atoms with Crippen LogP contribution in [0.4, 0.5) is 0 Å². The van der Waals surface area contributed by atoms with Crippen molar-refractivity contribution in [2.75, 3.05) is 14.1 Å². The summed E-state index contributed by atoms with van der Waals surface area (Å²) in [7, 11) is 2.39. The number of hydrogen-bond donors (Lipinski definition) is 1. The second-order valence-corrected chi connectivity index (χ2v) is 0.440. The highest BCUT2D eigenvalue weighted by Crippen LogP contribution is 1.39. The van der Waals surface area contributed by atoms with Gasteiger partial charge in [-0.25, -0.2) is 0 Å². The molecule has 0 spiro atoms. The lowest BCUT2D eigenvalue weighted by Gasteiger charge is -1.63. The Morgan fingerprint density at radius 1 is 1.57 bits per heavy atom. The zero-order valence-corrected chi connectivity index (χ0v) is 3.84. The van der Waals surface area contributed by atoms with Crippen LogP contribution in [0.2, 0.25) is 0 Å². The number of nitro groups is 1. The minimum absolute atomic E-state index is 0. The van der Waals surface area contributed by atoms with Crippen molar-refractivity contribution in [3.05, 3.63) is 10.1 Å². The second-order valence-electron chi connectivity index (χ2n) is 0.440. The molecule has 4 heteroatoms. The lowest BCUT2D eigenvalue weighted by atomic mass is 11.5. The van der Waals surface area contributed by atoms with Crippen LogP contribution in [0.15, 0.2) is 0 Å². The maximum Gasteiger partial charge on any atom is 0.194 e. The highest BCUT2D eigenvalue weighted by Gasteiger charge is 1.57. The molecule has 4 nitrogen and oxygen atoms in total. The highest BCUT2D eigenvalue weighted by atomic mass is 16.6. The SMILES string of the molecule is C.CN.C[N+](=O)[O-]. The van der Waals surface area contributed by atoms with Gasteiger partial charge in [0.1, 0.15) is 0 Å². The summed E-state index contributed by atoms with van der Waals surface area (Å²) in [5, 5.41) is 8.81. The molecule has 0 aliphatic carbocycles. The van der Waals surface area contributed by atoms with Crippen LogP contribution in [0.25, 0.3) is 0 Å². The monoisotopic (exact) mass is 108 g/mol. The molecule has 0 rings (SSSR count). The number of nitrogens with zero attached hydrogens (tertiary/aromatic N) is 1. The van der Waals surface area contributed by atoms with E-state index in [1.54, 1.807) is 0 Å². The van der Waals surface area contributed by atoms with Crippen LogP contribution >= 0.6 is 0 Å². The molecule has 0 fully saturated rings. The minimum Gasteiger partial charge on any atom is -0.333 e. The third-order valence-corrected chi connectivity index (χ3v) is 0. The molecule has 0 saturated heterocycles. The van der Waals surface area contributed by atoms with E-state index in [0.717, 1.165) is 7.05 Å². The summed E-state index contributed by atoms with van der Waals surface area (Å²) in [4.78, 5) is 8.31. The largest absolute Gasteiger partial charge is 0.333 e. The van der Waals surface area contributed by atoms with E-state index >= 15 is 0 Å². The molecule has 0 aliphatic rings. The van der Waals surface area contributed by atoms with Gasteiger partial charge < -0.3 is 5.73 Å². The average Bonchev–Trinajstić information content (AvgIpc) is 1.41. The third-order valence-electron chi connectivity index (χ3n) is 0. The first-order chi connectivity index (χ1) is 2.73. The first kappa shape index (κ1) is 16.2. The fraction of sp³-hybridized carbons (Fsp3) is 1.00. The average molecular weight is 108 g/mol. The zero-order chi connectivity index (χ0) is 5.58. The van der Waals surface area contributed by atoms with Gasteiger partial charge in [-0.3, -0.25) is 10.1 Å². The molecule has 0 aromatic rings. The first-order valence-corrected chi connectivity index (χ1v) is 1.39. The Labute approximate surface area is 43.5 Å². The van der Waals surface area contributed by atoms with E-state index in [1.807, 2.05) is 0 Å². The molecule has 0 aromatic heterocycles. The Morgan fingerprint density at radius 2 is 1.57 bits per heavy atom. The van der Waals surface area contributed by atoms with E-state index in [1.165, 1.54) is 7.05 Å². The van der Waals surface area contributed by atoms with Crippen molar-refractivity contribution in [1.29, 1.82) is 0 Å². The van der Waals surface area contributed by atoms with E-state index in [-0.39, 0.29) is 7.43 Å². The first-order valence-electron chi connectivity index (χ1n) is 1.39. The maximum atomic E-state index is 8.81. The fourth-order valence-electron chi connectivity index (χ4n) is 0.